The van der Waals surface area contributed by atoms with Gasteiger partial charge in [-0.25, -0.2) is 0 Å². The van der Waals surface area contributed by atoms with Gasteiger partial charge < -0.3 is 0 Å². The van der Waals surface area contributed by atoms with Crippen LogP contribution in [0, 0.1) is 0 Å². The van der Waals surface area contributed by atoms with Crippen molar-refractivity contribution in [1.82, 2.24) is 0 Å². The summed E-state index contributed by atoms with van der Waals surface area (Å²) in [4.78, 5) is 10.5. The van der Waals surface area contributed by atoms with Crippen LogP contribution in [0.3, 0.4) is 0 Å². The number of allylic oxidation sites excluding steroid dienone is 2. The largest absolute Gasteiger partial charge is 0.295 e. The van der Waals surface area contributed by atoms with E-state index < -0.39 is 0 Å². The Morgan fingerprint density at radius 1 is 1.44 bits per heavy atom. The fourth-order valence-corrected chi connectivity index (χ4v) is 0.625. The molecular weight excluding hydrogens is 159 g/mol. The number of rotatable bonds is 2. The fourth-order valence-electron chi connectivity index (χ4n) is 0.291. The summed E-state index contributed by atoms with van der Waals surface area (Å²) in [5.74, 6) is 0.188. The lowest BCUT2D eigenvalue weighted by Crippen LogP contribution is -1.94. The van der Waals surface area contributed by atoms with E-state index in [9.17, 15) is 4.79 Å². The van der Waals surface area contributed by atoms with Crippen LogP contribution in [0.1, 0.15) is 13.8 Å². The van der Waals surface area contributed by atoms with Gasteiger partial charge in [-0.3, -0.25) is 4.79 Å². The number of hydrogen-bond acceptors (Lipinski definition) is 1. The smallest absolute Gasteiger partial charge is 0.156 e. The number of ketones is 1. The predicted molar refractivity (Wildman–Crippen MR) is 40.0 cm³/mol. The van der Waals surface area contributed by atoms with Crippen molar-refractivity contribution in [3.8, 4) is 0 Å². The molecular formula is C6H8Cl2O. The Kier molecular flexibility index (Phi) is 3.91. The van der Waals surface area contributed by atoms with Crippen LogP contribution in [-0.4, -0.2) is 11.7 Å². The third-order valence-corrected chi connectivity index (χ3v) is 1.87. The predicted octanol–water partition coefficient (Wildman–Crippen LogP) is 2.33. The van der Waals surface area contributed by atoms with E-state index in [0.29, 0.717) is 10.6 Å². The molecule has 0 aromatic rings. The van der Waals surface area contributed by atoms with E-state index in [2.05, 4.69) is 0 Å². The summed E-state index contributed by atoms with van der Waals surface area (Å²) in [6.45, 7) is 3.12. The van der Waals surface area contributed by atoms with E-state index in [4.69, 9.17) is 23.2 Å². The van der Waals surface area contributed by atoms with Crippen LogP contribution in [0.4, 0.5) is 0 Å². The van der Waals surface area contributed by atoms with E-state index >= 15 is 0 Å². The summed E-state index contributed by atoms with van der Waals surface area (Å²) >= 11 is 10.9. The Hall–Kier alpha value is -0.0100. The quantitative estimate of drug-likeness (QED) is 0.455. The van der Waals surface area contributed by atoms with Gasteiger partial charge in [-0.15, -0.1) is 11.6 Å². The Balaban J connectivity index is 4.28. The molecule has 0 saturated heterocycles. The van der Waals surface area contributed by atoms with E-state index in [0.717, 1.165) is 0 Å². The highest BCUT2D eigenvalue weighted by atomic mass is 35.5. The minimum atomic E-state index is -0.0272. The Morgan fingerprint density at radius 3 is 2.00 bits per heavy atom. The minimum absolute atomic E-state index is 0.0272. The second-order valence-electron chi connectivity index (χ2n) is 1.72. The molecule has 0 N–H and O–H groups in total. The van der Waals surface area contributed by atoms with Crippen LogP contribution in [0.15, 0.2) is 10.6 Å². The zero-order valence-electron chi connectivity index (χ0n) is 5.37. The van der Waals surface area contributed by atoms with Gasteiger partial charge in [-0.05, 0) is 13.8 Å². The number of alkyl halides is 1. The summed E-state index contributed by atoms with van der Waals surface area (Å²) < 4.78 is 0. The Labute approximate surface area is 64.6 Å². The third-order valence-electron chi connectivity index (χ3n) is 1.05. The summed E-state index contributed by atoms with van der Waals surface area (Å²) in [6.07, 6.45) is 0. The lowest BCUT2D eigenvalue weighted by atomic mass is 10.2. The highest BCUT2D eigenvalue weighted by Gasteiger charge is 2.01. The summed E-state index contributed by atoms with van der Waals surface area (Å²) in [5, 5.41) is 0.434. The van der Waals surface area contributed by atoms with E-state index in [1.807, 2.05) is 0 Å². The normalized spacial score (nSPS) is 12.9. The molecule has 0 radical (unpaired) electrons. The molecule has 0 fully saturated rings. The van der Waals surface area contributed by atoms with Crippen LogP contribution in [0.5, 0.6) is 0 Å². The highest BCUT2D eigenvalue weighted by molar-refractivity contribution is 6.37. The maximum atomic E-state index is 10.5. The van der Waals surface area contributed by atoms with Gasteiger partial charge in [0.05, 0.1) is 5.88 Å². The van der Waals surface area contributed by atoms with Crippen LogP contribution in [-0.2, 0) is 4.79 Å². The van der Waals surface area contributed by atoms with Crippen molar-refractivity contribution >= 4 is 29.0 Å². The zero-order chi connectivity index (χ0) is 7.44. The molecule has 0 aliphatic rings. The number of carbonyl (C=O) groups excluding carboxylic acids is 1. The number of Topliss-reactive ketones (excluding diaryl/α,β-unsaturated/α-hetero) is 1. The van der Waals surface area contributed by atoms with Gasteiger partial charge in [-0.2, -0.15) is 0 Å². The van der Waals surface area contributed by atoms with Crippen LogP contribution in [0.25, 0.3) is 0 Å². The van der Waals surface area contributed by atoms with Crippen molar-refractivity contribution in [2.45, 2.75) is 13.8 Å². The van der Waals surface area contributed by atoms with Crippen LogP contribution >= 0.6 is 23.2 Å². The molecule has 0 aliphatic carbocycles. The van der Waals surface area contributed by atoms with Gasteiger partial charge in [0.25, 0.3) is 0 Å². The van der Waals surface area contributed by atoms with Crippen molar-refractivity contribution in [3.63, 3.8) is 0 Å². The number of hydrogen-bond donors (Lipinski definition) is 0. The van der Waals surface area contributed by atoms with Gasteiger partial charge in [0.15, 0.2) is 5.78 Å². The van der Waals surface area contributed by atoms with Crippen molar-refractivity contribution in [3.05, 3.63) is 10.6 Å². The van der Waals surface area contributed by atoms with Gasteiger partial charge in [0, 0.05) is 10.6 Å². The van der Waals surface area contributed by atoms with Crippen LogP contribution < -0.4 is 0 Å². The van der Waals surface area contributed by atoms with Crippen molar-refractivity contribution < 1.29 is 4.79 Å². The summed E-state index contributed by atoms with van der Waals surface area (Å²) in [6, 6.07) is 0. The lowest BCUT2D eigenvalue weighted by Gasteiger charge is -1.95. The maximum absolute atomic E-state index is 10.5. The Bertz CT molecular complexity index is 149. The molecule has 3 heteroatoms. The standard InChI is InChI=1S/C6H8Cl2O/c1-4(5(2)9)6(8)3-7/h3H2,1-2H3/b6-4-. The first kappa shape index (κ1) is 8.99. The van der Waals surface area contributed by atoms with Crippen LogP contribution in [0.2, 0.25) is 0 Å². The first-order valence-corrected chi connectivity index (χ1v) is 3.43. The first-order chi connectivity index (χ1) is 4.09. The van der Waals surface area contributed by atoms with Crippen molar-refractivity contribution in [2.24, 2.45) is 0 Å². The molecule has 0 rings (SSSR count). The fraction of sp³-hybridized carbons (Fsp3) is 0.500. The SMILES string of the molecule is CC(=O)/C(C)=C(\Cl)CCl. The molecule has 0 bridgehead atoms. The average molecular weight is 167 g/mol. The molecule has 0 atom stereocenters. The first-order valence-electron chi connectivity index (χ1n) is 2.51. The summed E-state index contributed by atoms with van der Waals surface area (Å²) in [5.41, 5.74) is 0.548. The molecule has 52 valence electrons. The molecule has 9 heavy (non-hydrogen) atoms. The van der Waals surface area contributed by atoms with E-state index in [-0.39, 0.29) is 11.7 Å². The Morgan fingerprint density at radius 2 is 1.89 bits per heavy atom. The second kappa shape index (κ2) is 3.91. The van der Waals surface area contributed by atoms with Gasteiger partial charge in [0.2, 0.25) is 0 Å². The molecule has 0 amide bonds. The second-order valence-corrected chi connectivity index (χ2v) is 2.44. The monoisotopic (exact) mass is 166 g/mol. The van der Waals surface area contributed by atoms with Crippen molar-refractivity contribution in [1.29, 1.82) is 0 Å². The average Bonchev–Trinajstić information content (AvgIpc) is 1.84. The van der Waals surface area contributed by atoms with E-state index in [1.165, 1.54) is 6.92 Å². The third kappa shape index (κ3) is 2.87. The van der Waals surface area contributed by atoms with Gasteiger partial charge >= 0.3 is 0 Å². The summed E-state index contributed by atoms with van der Waals surface area (Å²) in [7, 11) is 0. The van der Waals surface area contributed by atoms with Crippen molar-refractivity contribution in [2.75, 3.05) is 5.88 Å². The minimum Gasteiger partial charge on any atom is -0.295 e. The van der Waals surface area contributed by atoms with E-state index in [1.54, 1.807) is 6.92 Å². The van der Waals surface area contributed by atoms with Gasteiger partial charge in [-0.1, -0.05) is 11.6 Å². The molecule has 0 aromatic heterocycles. The highest BCUT2D eigenvalue weighted by Crippen LogP contribution is 2.10. The molecule has 0 unspecified atom stereocenters. The topological polar surface area (TPSA) is 17.1 Å². The molecule has 1 nitrogen and oxygen atoms in total. The van der Waals surface area contributed by atoms with Gasteiger partial charge in [0.1, 0.15) is 0 Å². The zero-order valence-corrected chi connectivity index (χ0v) is 6.88. The maximum Gasteiger partial charge on any atom is 0.156 e. The molecule has 0 heterocycles. The molecule has 0 aliphatic heterocycles. The number of carbonyl (C=O) groups is 1. The molecule has 0 saturated carbocycles. The molecule has 0 aromatic carbocycles. The number of halogens is 2. The molecule has 0 spiro atoms. The lowest BCUT2D eigenvalue weighted by molar-refractivity contribution is -0.113.